The summed E-state index contributed by atoms with van der Waals surface area (Å²) >= 11 is 0. The predicted octanol–water partition coefficient (Wildman–Crippen LogP) is 1.83. The number of amides is 3. The molecule has 140 valence electrons. The van der Waals surface area contributed by atoms with Gasteiger partial charge in [0.2, 0.25) is 5.91 Å². The molecule has 24 heavy (non-hydrogen) atoms. The number of nitrogens with one attached hydrogen (secondary N) is 1. The lowest BCUT2D eigenvalue weighted by molar-refractivity contribution is -0.127. The molecule has 0 aromatic rings. The Balaban J connectivity index is 0.00000288. The molecule has 6 nitrogen and oxygen atoms in total. The van der Waals surface area contributed by atoms with Crippen molar-refractivity contribution in [1.82, 2.24) is 15.1 Å². The number of rotatable bonds is 5. The van der Waals surface area contributed by atoms with E-state index in [2.05, 4.69) is 19.2 Å². The van der Waals surface area contributed by atoms with Gasteiger partial charge in [0.05, 0.1) is 5.92 Å². The molecule has 2 heterocycles. The number of nitrogens with two attached hydrogens (primary N) is 1. The zero-order valence-electron chi connectivity index (χ0n) is 15.0. The van der Waals surface area contributed by atoms with E-state index >= 15 is 0 Å². The maximum Gasteiger partial charge on any atom is 0.320 e. The highest BCUT2D eigenvalue weighted by molar-refractivity contribution is 5.85. The minimum atomic E-state index is -0.100. The molecule has 3 N–H and O–H groups in total. The first-order chi connectivity index (χ1) is 11.0. The van der Waals surface area contributed by atoms with E-state index < -0.39 is 0 Å². The third-order valence-electron chi connectivity index (χ3n) is 4.83. The fourth-order valence-electron chi connectivity index (χ4n) is 3.58. The van der Waals surface area contributed by atoms with Crippen LogP contribution in [0.15, 0.2) is 0 Å². The van der Waals surface area contributed by atoms with E-state index in [1.807, 2.05) is 9.80 Å². The van der Waals surface area contributed by atoms with E-state index in [0.29, 0.717) is 19.0 Å². The van der Waals surface area contributed by atoms with Crippen LogP contribution in [0.1, 0.15) is 46.0 Å². The Kier molecular flexibility index (Phi) is 8.84. The molecule has 2 rings (SSSR count). The van der Waals surface area contributed by atoms with Gasteiger partial charge in [0.25, 0.3) is 0 Å². The quantitative estimate of drug-likeness (QED) is 0.785. The van der Waals surface area contributed by atoms with Crippen molar-refractivity contribution in [3.05, 3.63) is 0 Å². The van der Waals surface area contributed by atoms with Crippen LogP contribution in [0.3, 0.4) is 0 Å². The van der Waals surface area contributed by atoms with Crippen LogP contribution in [-0.2, 0) is 4.79 Å². The summed E-state index contributed by atoms with van der Waals surface area (Å²) in [6.45, 7) is 7.75. The van der Waals surface area contributed by atoms with Gasteiger partial charge in [0, 0.05) is 38.8 Å². The van der Waals surface area contributed by atoms with Gasteiger partial charge in [-0.2, -0.15) is 0 Å². The Hall–Kier alpha value is -1.01. The topological polar surface area (TPSA) is 78.7 Å². The van der Waals surface area contributed by atoms with E-state index in [-0.39, 0.29) is 36.3 Å². The SMILES string of the molecule is CC(C)CC(CN)NC(=O)C1CCCN(C(=O)N2CCCC2)C1.Cl. The van der Waals surface area contributed by atoms with Crippen LogP contribution in [0.5, 0.6) is 0 Å². The Labute approximate surface area is 151 Å². The maximum atomic E-state index is 12.5. The second-order valence-electron chi connectivity index (χ2n) is 7.33. The molecule has 0 radical (unpaired) electrons. The van der Waals surface area contributed by atoms with Crippen molar-refractivity contribution in [3.8, 4) is 0 Å². The zero-order valence-corrected chi connectivity index (χ0v) is 15.8. The summed E-state index contributed by atoms with van der Waals surface area (Å²) in [6.07, 6.45) is 4.84. The number of hydrogen-bond donors (Lipinski definition) is 2. The molecule has 2 fully saturated rings. The van der Waals surface area contributed by atoms with E-state index in [0.717, 1.165) is 51.7 Å². The molecule has 0 aliphatic carbocycles. The van der Waals surface area contributed by atoms with Crippen LogP contribution < -0.4 is 11.1 Å². The average Bonchev–Trinajstić information content (AvgIpc) is 3.07. The molecule has 2 unspecified atom stereocenters. The summed E-state index contributed by atoms with van der Waals surface area (Å²) in [4.78, 5) is 28.8. The third-order valence-corrected chi connectivity index (χ3v) is 4.83. The molecule has 7 heteroatoms. The second-order valence-corrected chi connectivity index (χ2v) is 7.33. The van der Waals surface area contributed by atoms with Crippen molar-refractivity contribution in [2.45, 2.75) is 52.0 Å². The molecule has 2 aliphatic heterocycles. The average molecular weight is 361 g/mol. The Morgan fingerprint density at radius 1 is 1.12 bits per heavy atom. The summed E-state index contributed by atoms with van der Waals surface area (Å²) in [5, 5.41) is 3.08. The van der Waals surface area contributed by atoms with Gasteiger partial charge in [-0.05, 0) is 38.0 Å². The summed E-state index contributed by atoms with van der Waals surface area (Å²) < 4.78 is 0. The predicted molar refractivity (Wildman–Crippen MR) is 98.2 cm³/mol. The summed E-state index contributed by atoms with van der Waals surface area (Å²) in [6, 6.07) is 0.143. The lowest BCUT2D eigenvalue weighted by Crippen LogP contribution is -2.51. The number of carbonyl (C=O) groups is 2. The Bertz CT molecular complexity index is 413. The lowest BCUT2D eigenvalue weighted by Gasteiger charge is -2.35. The fourth-order valence-corrected chi connectivity index (χ4v) is 3.58. The van der Waals surface area contributed by atoms with Crippen LogP contribution in [0.25, 0.3) is 0 Å². The van der Waals surface area contributed by atoms with Gasteiger partial charge in [-0.25, -0.2) is 4.79 Å². The van der Waals surface area contributed by atoms with Crippen molar-refractivity contribution < 1.29 is 9.59 Å². The van der Waals surface area contributed by atoms with Crippen LogP contribution in [0.2, 0.25) is 0 Å². The fraction of sp³-hybridized carbons (Fsp3) is 0.882. The van der Waals surface area contributed by atoms with Gasteiger partial charge in [-0.3, -0.25) is 4.79 Å². The van der Waals surface area contributed by atoms with Gasteiger partial charge in [-0.15, -0.1) is 12.4 Å². The third kappa shape index (κ3) is 5.81. The summed E-state index contributed by atoms with van der Waals surface area (Å²) in [5.41, 5.74) is 5.77. The van der Waals surface area contributed by atoms with E-state index in [9.17, 15) is 9.59 Å². The van der Waals surface area contributed by atoms with Crippen LogP contribution in [0, 0.1) is 11.8 Å². The monoisotopic (exact) mass is 360 g/mol. The number of halogens is 1. The van der Waals surface area contributed by atoms with Crippen LogP contribution >= 0.6 is 12.4 Å². The van der Waals surface area contributed by atoms with E-state index in [1.54, 1.807) is 0 Å². The first kappa shape index (κ1) is 21.0. The highest BCUT2D eigenvalue weighted by Crippen LogP contribution is 2.20. The molecule has 0 aromatic carbocycles. The van der Waals surface area contributed by atoms with E-state index in [4.69, 9.17) is 5.73 Å². The van der Waals surface area contributed by atoms with Crippen molar-refractivity contribution in [2.75, 3.05) is 32.7 Å². The van der Waals surface area contributed by atoms with Gasteiger partial charge in [0.15, 0.2) is 0 Å². The van der Waals surface area contributed by atoms with Crippen LogP contribution in [0.4, 0.5) is 4.79 Å². The number of nitrogens with zero attached hydrogens (tertiary/aromatic N) is 2. The van der Waals surface area contributed by atoms with Crippen molar-refractivity contribution in [3.63, 3.8) is 0 Å². The molecule has 0 aromatic heterocycles. The number of carbonyl (C=O) groups excluding carboxylic acids is 2. The molecule has 2 aliphatic rings. The van der Waals surface area contributed by atoms with Gasteiger partial charge < -0.3 is 20.9 Å². The van der Waals surface area contributed by atoms with Gasteiger partial charge >= 0.3 is 6.03 Å². The molecule has 0 spiro atoms. The number of likely N-dealkylation sites (tertiary alicyclic amines) is 2. The second kappa shape index (κ2) is 10.1. The Morgan fingerprint density at radius 2 is 1.75 bits per heavy atom. The summed E-state index contributed by atoms with van der Waals surface area (Å²) in [7, 11) is 0. The molecule has 2 saturated heterocycles. The molecular weight excluding hydrogens is 328 g/mol. The first-order valence-electron chi connectivity index (χ1n) is 9.05. The minimum absolute atomic E-state index is 0. The first-order valence-corrected chi connectivity index (χ1v) is 9.05. The van der Waals surface area contributed by atoms with Crippen molar-refractivity contribution in [1.29, 1.82) is 0 Å². The highest BCUT2D eigenvalue weighted by atomic mass is 35.5. The minimum Gasteiger partial charge on any atom is -0.352 e. The van der Waals surface area contributed by atoms with Crippen molar-refractivity contribution in [2.24, 2.45) is 17.6 Å². The van der Waals surface area contributed by atoms with Gasteiger partial charge in [0.1, 0.15) is 0 Å². The zero-order chi connectivity index (χ0) is 16.8. The highest BCUT2D eigenvalue weighted by Gasteiger charge is 2.32. The smallest absolute Gasteiger partial charge is 0.320 e. The normalized spacial score (nSPS) is 22.2. The number of piperidine rings is 1. The maximum absolute atomic E-state index is 12.5. The van der Waals surface area contributed by atoms with Crippen molar-refractivity contribution >= 4 is 24.3 Å². The standard InChI is InChI=1S/C17H32N4O2.ClH/c1-13(2)10-15(11-18)19-16(22)14-6-5-9-21(12-14)17(23)20-7-3-4-8-20;/h13-15H,3-12,18H2,1-2H3,(H,19,22);1H. The molecule has 0 saturated carbocycles. The number of urea groups is 1. The molecular formula is C17H33ClN4O2. The molecule has 0 bridgehead atoms. The molecule has 3 amide bonds. The lowest BCUT2D eigenvalue weighted by atomic mass is 9.96. The molecule has 2 atom stereocenters. The Morgan fingerprint density at radius 3 is 2.33 bits per heavy atom. The summed E-state index contributed by atoms with van der Waals surface area (Å²) in [5.74, 6) is 0.458. The number of hydrogen-bond acceptors (Lipinski definition) is 3. The van der Waals surface area contributed by atoms with E-state index in [1.165, 1.54) is 0 Å². The van der Waals surface area contributed by atoms with Crippen LogP contribution in [-0.4, -0.2) is 60.5 Å². The largest absolute Gasteiger partial charge is 0.352 e. The van der Waals surface area contributed by atoms with Gasteiger partial charge in [-0.1, -0.05) is 13.8 Å².